The molecular formula is C14H21N3O3S. The van der Waals surface area contributed by atoms with E-state index >= 15 is 0 Å². The lowest BCUT2D eigenvalue weighted by atomic mass is 9.89. The predicted octanol–water partition coefficient (Wildman–Crippen LogP) is 1.22. The number of rotatable bonds is 7. The predicted molar refractivity (Wildman–Crippen MR) is 79.6 cm³/mol. The number of nitrogens with one attached hydrogen (secondary N) is 2. The average Bonchev–Trinajstić information content (AvgIpc) is 3.26. The molecule has 0 spiro atoms. The van der Waals surface area contributed by atoms with Gasteiger partial charge in [0, 0.05) is 24.7 Å². The number of aromatic nitrogens is 1. The zero-order valence-electron chi connectivity index (χ0n) is 12.1. The van der Waals surface area contributed by atoms with Gasteiger partial charge in [-0.25, -0.2) is 18.1 Å². The van der Waals surface area contributed by atoms with E-state index in [9.17, 15) is 8.42 Å². The fraction of sp³-hybridized carbons (Fsp3) is 0.643. The molecule has 116 valence electrons. The summed E-state index contributed by atoms with van der Waals surface area (Å²) < 4.78 is 31.9. The summed E-state index contributed by atoms with van der Waals surface area (Å²) in [5.74, 6) is 1.20. The molecule has 21 heavy (non-hydrogen) atoms. The number of pyridine rings is 1. The Labute approximate surface area is 125 Å². The van der Waals surface area contributed by atoms with Crippen molar-refractivity contribution in [2.75, 3.05) is 31.6 Å². The van der Waals surface area contributed by atoms with Crippen molar-refractivity contribution in [3.63, 3.8) is 0 Å². The van der Waals surface area contributed by atoms with Crippen molar-refractivity contribution < 1.29 is 13.2 Å². The summed E-state index contributed by atoms with van der Waals surface area (Å²) in [6.45, 7) is 4.94. The van der Waals surface area contributed by atoms with Crippen LogP contribution in [0.2, 0.25) is 0 Å². The van der Waals surface area contributed by atoms with Crippen molar-refractivity contribution in [1.82, 2.24) is 9.71 Å². The largest absolute Gasteiger partial charge is 0.380 e. The molecule has 2 heterocycles. The van der Waals surface area contributed by atoms with Gasteiger partial charge in [-0.2, -0.15) is 0 Å². The van der Waals surface area contributed by atoms with E-state index in [0.29, 0.717) is 18.3 Å². The van der Waals surface area contributed by atoms with E-state index in [1.807, 2.05) is 0 Å². The molecule has 6 nitrogen and oxygen atoms in total. The van der Waals surface area contributed by atoms with Crippen LogP contribution in [-0.2, 0) is 14.8 Å². The van der Waals surface area contributed by atoms with Crippen LogP contribution in [0.25, 0.3) is 0 Å². The maximum Gasteiger partial charge on any atom is 0.242 e. The highest BCUT2D eigenvalue weighted by Crippen LogP contribution is 2.28. The lowest BCUT2D eigenvalue weighted by Crippen LogP contribution is -2.45. The highest BCUT2D eigenvalue weighted by molar-refractivity contribution is 7.89. The summed E-state index contributed by atoms with van der Waals surface area (Å²) in [6, 6.07) is 3.29. The van der Waals surface area contributed by atoms with Crippen LogP contribution in [0.15, 0.2) is 23.2 Å². The topological polar surface area (TPSA) is 80.3 Å². The maximum absolute atomic E-state index is 12.1. The van der Waals surface area contributed by atoms with E-state index in [0.717, 1.165) is 32.6 Å². The second-order valence-corrected chi connectivity index (χ2v) is 8.10. The Morgan fingerprint density at radius 1 is 1.38 bits per heavy atom. The van der Waals surface area contributed by atoms with Gasteiger partial charge < -0.3 is 10.1 Å². The number of hydrogen-bond donors (Lipinski definition) is 2. The fourth-order valence-corrected chi connectivity index (χ4v) is 3.19. The first-order valence-electron chi connectivity index (χ1n) is 7.24. The van der Waals surface area contributed by atoms with Crippen LogP contribution < -0.4 is 10.0 Å². The van der Waals surface area contributed by atoms with Crippen LogP contribution in [-0.4, -0.2) is 39.7 Å². The lowest BCUT2D eigenvalue weighted by Gasteiger charge is -2.38. The van der Waals surface area contributed by atoms with E-state index in [1.54, 1.807) is 12.1 Å². The summed E-state index contributed by atoms with van der Waals surface area (Å²) >= 11 is 0. The number of ether oxygens (including phenoxy) is 1. The monoisotopic (exact) mass is 311 g/mol. The van der Waals surface area contributed by atoms with Crippen LogP contribution in [0.4, 0.5) is 5.82 Å². The Morgan fingerprint density at radius 2 is 2.14 bits per heavy atom. The second-order valence-electron chi connectivity index (χ2n) is 6.33. The van der Waals surface area contributed by atoms with Crippen molar-refractivity contribution in [3.05, 3.63) is 18.3 Å². The van der Waals surface area contributed by atoms with Crippen molar-refractivity contribution in [3.8, 4) is 0 Å². The molecule has 0 unspecified atom stereocenters. The third-order valence-corrected chi connectivity index (χ3v) is 5.31. The maximum atomic E-state index is 12.1. The first-order chi connectivity index (χ1) is 9.97. The Kier molecular flexibility index (Phi) is 3.90. The summed E-state index contributed by atoms with van der Waals surface area (Å²) in [4.78, 5) is 4.39. The van der Waals surface area contributed by atoms with Gasteiger partial charge in [0.25, 0.3) is 0 Å². The highest BCUT2D eigenvalue weighted by atomic mass is 32.2. The van der Waals surface area contributed by atoms with Crippen molar-refractivity contribution in [2.45, 2.75) is 24.7 Å². The molecule has 0 bridgehead atoms. The first kappa shape index (κ1) is 14.7. The Morgan fingerprint density at radius 3 is 2.67 bits per heavy atom. The summed E-state index contributed by atoms with van der Waals surface area (Å²) in [6.07, 6.45) is 3.63. The van der Waals surface area contributed by atoms with Gasteiger partial charge in [0.1, 0.15) is 10.7 Å². The number of anilines is 1. The van der Waals surface area contributed by atoms with E-state index in [-0.39, 0.29) is 10.3 Å². The van der Waals surface area contributed by atoms with Crippen LogP contribution in [0.1, 0.15) is 19.8 Å². The van der Waals surface area contributed by atoms with Gasteiger partial charge in [0.15, 0.2) is 0 Å². The van der Waals surface area contributed by atoms with Crippen LogP contribution in [0, 0.1) is 11.3 Å². The molecule has 1 aliphatic carbocycles. The molecule has 0 atom stereocenters. The average molecular weight is 311 g/mol. The standard InChI is InChI=1S/C14H21N3O3S/c1-14(9-20-10-14)8-16-13-5-4-12(7-15-13)21(18,19)17-6-11-2-3-11/h4-5,7,11,17H,2-3,6,8-10H2,1H3,(H,15,16). The summed E-state index contributed by atoms with van der Waals surface area (Å²) in [5, 5.41) is 3.22. The quantitative estimate of drug-likeness (QED) is 0.791. The molecule has 1 aliphatic heterocycles. The first-order valence-corrected chi connectivity index (χ1v) is 8.73. The minimum absolute atomic E-state index is 0.151. The van der Waals surface area contributed by atoms with Gasteiger partial charge >= 0.3 is 0 Å². The smallest absolute Gasteiger partial charge is 0.242 e. The molecule has 1 aromatic rings. The van der Waals surface area contributed by atoms with Gasteiger partial charge in [-0.05, 0) is 30.9 Å². The molecule has 1 saturated heterocycles. The molecule has 2 fully saturated rings. The molecule has 1 aromatic heterocycles. The number of sulfonamides is 1. The molecular weight excluding hydrogens is 290 g/mol. The van der Waals surface area contributed by atoms with Crippen LogP contribution in [0.3, 0.4) is 0 Å². The second kappa shape index (κ2) is 5.55. The molecule has 0 radical (unpaired) electrons. The molecule has 2 N–H and O–H groups in total. The van der Waals surface area contributed by atoms with E-state index in [4.69, 9.17) is 4.74 Å². The normalized spacial score (nSPS) is 20.8. The van der Waals surface area contributed by atoms with Crippen molar-refractivity contribution >= 4 is 15.8 Å². The zero-order valence-corrected chi connectivity index (χ0v) is 12.9. The van der Waals surface area contributed by atoms with Gasteiger partial charge in [-0.15, -0.1) is 0 Å². The summed E-state index contributed by atoms with van der Waals surface area (Å²) in [7, 11) is -3.43. The Bertz CT molecular complexity index is 592. The van der Waals surface area contributed by atoms with Crippen LogP contribution in [0.5, 0.6) is 0 Å². The molecule has 1 saturated carbocycles. The van der Waals surface area contributed by atoms with Gasteiger partial charge in [0.05, 0.1) is 13.2 Å². The Balaban J connectivity index is 1.57. The van der Waals surface area contributed by atoms with Gasteiger partial charge in [-0.1, -0.05) is 6.92 Å². The zero-order chi connectivity index (χ0) is 14.9. The van der Waals surface area contributed by atoms with E-state index in [2.05, 4.69) is 21.9 Å². The number of nitrogens with zero attached hydrogens (tertiary/aromatic N) is 1. The molecule has 0 amide bonds. The molecule has 3 rings (SSSR count). The van der Waals surface area contributed by atoms with Crippen molar-refractivity contribution in [2.24, 2.45) is 11.3 Å². The van der Waals surface area contributed by atoms with E-state index < -0.39 is 10.0 Å². The third kappa shape index (κ3) is 3.72. The molecule has 0 aromatic carbocycles. The lowest BCUT2D eigenvalue weighted by molar-refractivity contribution is -0.0924. The molecule has 7 heteroatoms. The van der Waals surface area contributed by atoms with Gasteiger partial charge in [0.2, 0.25) is 10.0 Å². The number of hydrogen-bond acceptors (Lipinski definition) is 5. The molecule has 2 aliphatic rings. The summed E-state index contributed by atoms with van der Waals surface area (Å²) in [5.41, 5.74) is 0.151. The van der Waals surface area contributed by atoms with Gasteiger partial charge in [-0.3, -0.25) is 0 Å². The SMILES string of the molecule is CC1(CNc2ccc(S(=O)(=O)NCC3CC3)cn2)COC1. The minimum atomic E-state index is -3.43. The minimum Gasteiger partial charge on any atom is -0.380 e. The van der Waals surface area contributed by atoms with E-state index in [1.165, 1.54) is 6.20 Å². The van der Waals surface area contributed by atoms with Crippen LogP contribution >= 0.6 is 0 Å². The van der Waals surface area contributed by atoms with Crippen molar-refractivity contribution in [1.29, 1.82) is 0 Å². The Hall–Kier alpha value is -1.18. The highest BCUT2D eigenvalue weighted by Gasteiger charge is 2.33. The third-order valence-electron chi connectivity index (χ3n) is 3.90. The fourth-order valence-electron chi connectivity index (χ4n) is 2.13.